The number of hydrogen-bond donors (Lipinski definition) is 1. The van der Waals surface area contributed by atoms with Gasteiger partial charge in [-0.25, -0.2) is 0 Å². The molecule has 0 unspecified atom stereocenters. The normalized spacial score (nSPS) is 11.1. The number of methoxy groups -OCH3 is 1. The maximum Gasteiger partial charge on any atom is 0.228 e. The lowest BCUT2D eigenvalue weighted by molar-refractivity contribution is -0.115. The molecule has 2 aromatic rings. The fraction of sp³-hybridized carbons (Fsp3) is 0.316. The van der Waals surface area contributed by atoms with Crippen molar-refractivity contribution in [2.45, 2.75) is 32.6 Å². The van der Waals surface area contributed by atoms with Gasteiger partial charge in [-0.3, -0.25) is 4.79 Å². The van der Waals surface area contributed by atoms with Gasteiger partial charge in [-0.05, 0) is 40.8 Å². The maximum absolute atomic E-state index is 12.1. The van der Waals surface area contributed by atoms with Crippen LogP contribution >= 0.6 is 0 Å². The Morgan fingerprint density at radius 2 is 1.59 bits per heavy atom. The summed E-state index contributed by atoms with van der Waals surface area (Å²) in [5.74, 6) is 0.774. The molecule has 0 aliphatic heterocycles. The summed E-state index contributed by atoms with van der Waals surface area (Å²) in [6.45, 7) is 6.51. The van der Waals surface area contributed by atoms with E-state index in [4.69, 9.17) is 4.74 Å². The number of anilines is 1. The average molecular weight is 297 g/mol. The van der Waals surface area contributed by atoms with Gasteiger partial charge >= 0.3 is 0 Å². The third-order valence-corrected chi connectivity index (χ3v) is 3.56. The summed E-state index contributed by atoms with van der Waals surface area (Å²) < 4.78 is 5.11. The van der Waals surface area contributed by atoms with Crippen molar-refractivity contribution in [2.75, 3.05) is 12.4 Å². The SMILES string of the molecule is COc1ccc(CC(=O)Nc2ccc(C(C)(C)C)cc2)cc1. The quantitative estimate of drug-likeness (QED) is 0.919. The van der Waals surface area contributed by atoms with Gasteiger partial charge in [-0.1, -0.05) is 45.0 Å². The van der Waals surface area contributed by atoms with E-state index >= 15 is 0 Å². The second-order valence-corrected chi connectivity index (χ2v) is 6.40. The first-order chi connectivity index (χ1) is 10.4. The summed E-state index contributed by atoms with van der Waals surface area (Å²) in [6, 6.07) is 15.6. The van der Waals surface area contributed by atoms with E-state index in [0.29, 0.717) is 6.42 Å². The highest BCUT2D eigenvalue weighted by atomic mass is 16.5. The summed E-state index contributed by atoms with van der Waals surface area (Å²) in [4.78, 5) is 12.1. The molecule has 22 heavy (non-hydrogen) atoms. The smallest absolute Gasteiger partial charge is 0.228 e. The van der Waals surface area contributed by atoms with Crippen LogP contribution in [0.4, 0.5) is 5.69 Å². The Kier molecular flexibility index (Phi) is 4.86. The molecular formula is C19H23NO2. The van der Waals surface area contributed by atoms with E-state index in [1.807, 2.05) is 36.4 Å². The number of hydrogen-bond acceptors (Lipinski definition) is 2. The minimum absolute atomic E-state index is 0.0197. The van der Waals surface area contributed by atoms with Crippen LogP contribution in [0.1, 0.15) is 31.9 Å². The summed E-state index contributed by atoms with van der Waals surface area (Å²) in [5, 5.41) is 2.93. The Balaban J connectivity index is 1.96. The van der Waals surface area contributed by atoms with Gasteiger partial charge in [0.25, 0.3) is 0 Å². The minimum atomic E-state index is -0.0197. The largest absolute Gasteiger partial charge is 0.497 e. The van der Waals surface area contributed by atoms with Crippen molar-refractivity contribution in [1.82, 2.24) is 0 Å². The molecule has 0 bridgehead atoms. The van der Waals surface area contributed by atoms with Crippen LogP contribution in [-0.4, -0.2) is 13.0 Å². The third-order valence-electron chi connectivity index (χ3n) is 3.56. The van der Waals surface area contributed by atoms with Crippen molar-refractivity contribution >= 4 is 11.6 Å². The Bertz CT molecular complexity index is 622. The van der Waals surface area contributed by atoms with Crippen molar-refractivity contribution in [1.29, 1.82) is 0 Å². The number of carbonyl (C=O) groups is 1. The van der Waals surface area contributed by atoms with Gasteiger partial charge in [0.1, 0.15) is 5.75 Å². The number of ether oxygens (including phenoxy) is 1. The molecular weight excluding hydrogens is 274 g/mol. The molecule has 0 saturated carbocycles. The number of nitrogens with one attached hydrogen (secondary N) is 1. The average Bonchev–Trinajstić information content (AvgIpc) is 2.47. The van der Waals surface area contributed by atoms with Gasteiger partial charge in [-0.2, -0.15) is 0 Å². The Labute approximate surface area is 132 Å². The first-order valence-corrected chi connectivity index (χ1v) is 7.42. The molecule has 0 saturated heterocycles. The Morgan fingerprint density at radius 1 is 1.00 bits per heavy atom. The summed E-state index contributed by atoms with van der Waals surface area (Å²) in [7, 11) is 1.63. The number of carbonyl (C=O) groups excluding carboxylic acids is 1. The van der Waals surface area contributed by atoms with E-state index < -0.39 is 0 Å². The fourth-order valence-corrected chi connectivity index (χ4v) is 2.19. The van der Waals surface area contributed by atoms with E-state index in [9.17, 15) is 4.79 Å². The lowest BCUT2D eigenvalue weighted by atomic mass is 9.87. The second kappa shape index (κ2) is 6.65. The van der Waals surface area contributed by atoms with Crippen LogP contribution in [0.25, 0.3) is 0 Å². The lowest BCUT2D eigenvalue weighted by Gasteiger charge is -2.19. The molecule has 0 aliphatic carbocycles. The van der Waals surface area contributed by atoms with Crippen molar-refractivity contribution in [3.63, 3.8) is 0 Å². The van der Waals surface area contributed by atoms with Crippen LogP contribution < -0.4 is 10.1 Å². The molecule has 116 valence electrons. The summed E-state index contributed by atoms with van der Waals surface area (Å²) in [6.07, 6.45) is 0.352. The highest BCUT2D eigenvalue weighted by Crippen LogP contribution is 2.23. The molecule has 1 amide bonds. The molecule has 0 spiro atoms. The summed E-state index contributed by atoms with van der Waals surface area (Å²) >= 11 is 0. The van der Waals surface area contributed by atoms with Gasteiger partial charge in [0.05, 0.1) is 13.5 Å². The predicted octanol–water partition coefficient (Wildman–Crippen LogP) is 4.17. The van der Waals surface area contributed by atoms with E-state index in [1.165, 1.54) is 5.56 Å². The van der Waals surface area contributed by atoms with E-state index in [1.54, 1.807) is 7.11 Å². The zero-order valence-corrected chi connectivity index (χ0v) is 13.6. The first-order valence-electron chi connectivity index (χ1n) is 7.42. The van der Waals surface area contributed by atoms with E-state index in [0.717, 1.165) is 17.0 Å². The van der Waals surface area contributed by atoms with Crippen LogP contribution in [0.3, 0.4) is 0 Å². The van der Waals surface area contributed by atoms with Crippen LogP contribution in [0.5, 0.6) is 5.75 Å². The van der Waals surface area contributed by atoms with Gasteiger partial charge in [0.2, 0.25) is 5.91 Å². The molecule has 0 fully saturated rings. The van der Waals surface area contributed by atoms with Crippen molar-refractivity contribution in [3.05, 3.63) is 59.7 Å². The van der Waals surface area contributed by atoms with Gasteiger partial charge < -0.3 is 10.1 Å². The molecule has 3 nitrogen and oxygen atoms in total. The highest BCUT2D eigenvalue weighted by Gasteiger charge is 2.13. The minimum Gasteiger partial charge on any atom is -0.497 e. The zero-order valence-electron chi connectivity index (χ0n) is 13.6. The zero-order chi connectivity index (χ0) is 16.2. The number of benzene rings is 2. The van der Waals surface area contributed by atoms with Gasteiger partial charge in [-0.15, -0.1) is 0 Å². The maximum atomic E-state index is 12.1. The molecule has 0 heterocycles. The van der Waals surface area contributed by atoms with Crippen LogP contribution in [0, 0.1) is 0 Å². The first kappa shape index (κ1) is 16.1. The molecule has 0 radical (unpaired) electrons. The van der Waals surface area contributed by atoms with E-state index in [-0.39, 0.29) is 11.3 Å². The predicted molar refractivity (Wildman–Crippen MR) is 90.5 cm³/mol. The van der Waals surface area contributed by atoms with E-state index in [2.05, 4.69) is 38.2 Å². The number of amides is 1. The molecule has 0 aromatic heterocycles. The lowest BCUT2D eigenvalue weighted by Crippen LogP contribution is -2.15. The molecule has 0 atom stereocenters. The second-order valence-electron chi connectivity index (χ2n) is 6.40. The summed E-state index contributed by atoms with van der Waals surface area (Å²) in [5.41, 5.74) is 3.16. The van der Waals surface area contributed by atoms with Gasteiger partial charge in [0, 0.05) is 5.69 Å². The van der Waals surface area contributed by atoms with Crippen LogP contribution in [0.15, 0.2) is 48.5 Å². The fourth-order valence-electron chi connectivity index (χ4n) is 2.19. The van der Waals surface area contributed by atoms with Crippen LogP contribution in [-0.2, 0) is 16.6 Å². The monoisotopic (exact) mass is 297 g/mol. The van der Waals surface area contributed by atoms with Crippen molar-refractivity contribution < 1.29 is 9.53 Å². The third kappa shape index (κ3) is 4.35. The number of rotatable bonds is 4. The Morgan fingerprint density at radius 3 is 2.09 bits per heavy atom. The standard InChI is InChI=1S/C19H23NO2/c1-19(2,3)15-7-9-16(10-8-15)20-18(21)13-14-5-11-17(22-4)12-6-14/h5-12H,13H2,1-4H3,(H,20,21). The Hall–Kier alpha value is -2.29. The van der Waals surface area contributed by atoms with Crippen LogP contribution in [0.2, 0.25) is 0 Å². The van der Waals surface area contributed by atoms with Crippen molar-refractivity contribution in [3.8, 4) is 5.75 Å². The van der Waals surface area contributed by atoms with Gasteiger partial charge in [0.15, 0.2) is 0 Å². The molecule has 3 heteroatoms. The molecule has 1 N–H and O–H groups in total. The molecule has 2 aromatic carbocycles. The molecule has 2 rings (SSSR count). The molecule has 0 aliphatic rings. The van der Waals surface area contributed by atoms with Crippen molar-refractivity contribution in [2.24, 2.45) is 0 Å². The highest BCUT2D eigenvalue weighted by molar-refractivity contribution is 5.92. The topological polar surface area (TPSA) is 38.3 Å².